The first-order chi connectivity index (χ1) is 12.1. The highest BCUT2D eigenvalue weighted by Crippen LogP contribution is 2.20. The molecule has 0 aliphatic carbocycles. The van der Waals surface area contributed by atoms with Crippen LogP contribution in [0.4, 0.5) is 0 Å². The molecule has 25 heavy (non-hydrogen) atoms. The second-order valence-corrected chi connectivity index (χ2v) is 7.17. The number of rotatable bonds is 5. The number of furan rings is 1. The zero-order chi connectivity index (χ0) is 17.6. The average molecular weight is 347 g/mol. The normalized spacial score (nSPS) is 22.0. The van der Waals surface area contributed by atoms with Crippen molar-refractivity contribution in [2.45, 2.75) is 39.0 Å². The van der Waals surface area contributed by atoms with Crippen LogP contribution in [-0.4, -0.2) is 60.9 Å². The van der Waals surface area contributed by atoms with E-state index < -0.39 is 0 Å². The van der Waals surface area contributed by atoms with Crippen molar-refractivity contribution < 1.29 is 14.0 Å². The Kier molecular flexibility index (Phi) is 6.13. The number of carbonyl (C=O) groups excluding carboxylic acids is 2. The zero-order valence-corrected chi connectivity index (χ0v) is 15.1. The largest absolute Gasteiger partial charge is 0.469 e. The highest BCUT2D eigenvalue weighted by atomic mass is 16.3. The lowest BCUT2D eigenvalue weighted by molar-refractivity contribution is -0.126. The van der Waals surface area contributed by atoms with E-state index in [4.69, 9.17) is 4.42 Å². The summed E-state index contributed by atoms with van der Waals surface area (Å²) in [5, 5.41) is 3.07. The fourth-order valence-corrected chi connectivity index (χ4v) is 3.82. The minimum absolute atomic E-state index is 0.0305. The number of hydrogen-bond donors (Lipinski definition) is 1. The maximum Gasteiger partial charge on any atom is 0.257 e. The van der Waals surface area contributed by atoms with Crippen LogP contribution in [-0.2, 0) is 4.79 Å². The van der Waals surface area contributed by atoms with Crippen molar-refractivity contribution >= 4 is 11.8 Å². The van der Waals surface area contributed by atoms with Crippen LogP contribution < -0.4 is 5.32 Å². The molecule has 1 unspecified atom stereocenters. The lowest BCUT2D eigenvalue weighted by Crippen LogP contribution is -2.46. The highest BCUT2D eigenvalue weighted by molar-refractivity contribution is 5.95. The van der Waals surface area contributed by atoms with Crippen LogP contribution in [0.3, 0.4) is 0 Å². The van der Waals surface area contributed by atoms with E-state index in [9.17, 15) is 9.59 Å². The molecule has 0 bridgehead atoms. The van der Waals surface area contributed by atoms with E-state index in [0.29, 0.717) is 31.0 Å². The minimum atomic E-state index is -0.105. The third-order valence-electron chi connectivity index (χ3n) is 5.34. The molecule has 2 aliphatic rings. The molecule has 2 saturated heterocycles. The predicted molar refractivity (Wildman–Crippen MR) is 95.4 cm³/mol. The molecule has 0 spiro atoms. The Balaban J connectivity index is 1.46. The van der Waals surface area contributed by atoms with Crippen molar-refractivity contribution in [2.24, 2.45) is 5.92 Å². The van der Waals surface area contributed by atoms with Gasteiger partial charge in [-0.2, -0.15) is 0 Å². The van der Waals surface area contributed by atoms with Gasteiger partial charge in [0.2, 0.25) is 5.91 Å². The first-order valence-corrected chi connectivity index (χ1v) is 9.48. The molecule has 2 fully saturated rings. The minimum Gasteiger partial charge on any atom is -0.469 e. The van der Waals surface area contributed by atoms with Gasteiger partial charge in [-0.1, -0.05) is 6.42 Å². The first-order valence-electron chi connectivity index (χ1n) is 9.48. The van der Waals surface area contributed by atoms with Crippen LogP contribution >= 0.6 is 0 Å². The van der Waals surface area contributed by atoms with E-state index in [1.165, 1.54) is 25.5 Å². The monoisotopic (exact) mass is 347 g/mol. The first kappa shape index (κ1) is 18.0. The topological polar surface area (TPSA) is 65.8 Å². The third kappa shape index (κ3) is 4.63. The van der Waals surface area contributed by atoms with Crippen molar-refractivity contribution in [3.05, 3.63) is 23.7 Å². The number of likely N-dealkylation sites (tertiary alicyclic amines) is 2. The molecular weight excluding hydrogens is 318 g/mol. The SMILES string of the molecule is Cc1occc1C(=O)N1CCCC(C(=O)NCCN2CCCCC2)C1. The van der Waals surface area contributed by atoms with Gasteiger partial charge in [0.25, 0.3) is 5.91 Å². The molecule has 138 valence electrons. The maximum absolute atomic E-state index is 12.6. The summed E-state index contributed by atoms with van der Waals surface area (Å²) in [6, 6.07) is 1.71. The van der Waals surface area contributed by atoms with Crippen molar-refractivity contribution in [1.29, 1.82) is 0 Å². The quantitative estimate of drug-likeness (QED) is 0.885. The molecular formula is C19H29N3O3. The van der Waals surface area contributed by atoms with Crippen LogP contribution in [0.2, 0.25) is 0 Å². The standard InChI is InChI=1S/C19H29N3O3/c1-15-17(7-13-25-15)19(24)22-11-5-6-16(14-22)18(23)20-8-12-21-9-3-2-4-10-21/h7,13,16H,2-6,8-12,14H2,1H3,(H,20,23). The number of hydrogen-bond acceptors (Lipinski definition) is 4. The molecule has 1 N–H and O–H groups in total. The van der Waals surface area contributed by atoms with Gasteiger partial charge in [0.1, 0.15) is 5.76 Å². The summed E-state index contributed by atoms with van der Waals surface area (Å²) in [7, 11) is 0. The number of nitrogens with zero attached hydrogens (tertiary/aromatic N) is 2. The fraction of sp³-hybridized carbons (Fsp3) is 0.684. The van der Waals surface area contributed by atoms with Gasteiger partial charge < -0.3 is 19.5 Å². The van der Waals surface area contributed by atoms with E-state index in [1.54, 1.807) is 17.9 Å². The summed E-state index contributed by atoms with van der Waals surface area (Å²) >= 11 is 0. The molecule has 0 saturated carbocycles. The fourth-order valence-electron chi connectivity index (χ4n) is 3.82. The summed E-state index contributed by atoms with van der Waals surface area (Å²) < 4.78 is 5.23. The number of amides is 2. The van der Waals surface area contributed by atoms with Crippen molar-refractivity contribution in [1.82, 2.24) is 15.1 Å². The lowest BCUT2D eigenvalue weighted by Gasteiger charge is -2.32. The molecule has 6 heteroatoms. The summed E-state index contributed by atoms with van der Waals surface area (Å²) in [5.41, 5.74) is 0.603. The molecule has 1 aromatic heterocycles. The predicted octanol–water partition coefficient (Wildman–Crippen LogP) is 2.04. The molecule has 3 heterocycles. The summed E-state index contributed by atoms with van der Waals surface area (Å²) in [6.07, 6.45) is 7.11. The Morgan fingerprint density at radius 1 is 1.20 bits per heavy atom. The van der Waals surface area contributed by atoms with Gasteiger partial charge in [0.05, 0.1) is 17.7 Å². The molecule has 1 aromatic rings. The van der Waals surface area contributed by atoms with E-state index in [1.807, 2.05) is 0 Å². The molecule has 2 aliphatic heterocycles. The van der Waals surface area contributed by atoms with Gasteiger partial charge in [-0.15, -0.1) is 0 Å². The van der Waals surface area contributed by atoms with E-state index >= 15 is 0 Å². The number of piperidine rings is 2. The Hall–Kier alpha value is -1.82. The van der Waals surface area contributed by atoms with Gasteiger partial charge in [-0.05, 0) is 51.8 Å². The van der Waals surface area contributed by atoms with E-state index in [0.717, 1.165) is 32.5 Å². The Bertz CT molecular complexity index is 592. The lowest BCUT2D eigenvalue weighted by atomic mass is 9.96. The van der Waals surface area contributed by atoms with Gasteiger partial charge in [-0.3, -0.25) is 9.59 Å². The van der Waals surface area contributed by atoms with Crippen LogP contribution in [0, 0.1) is 12.8 Å². The van der Waals surface area contributed by atoms with Gasteiger partial charge >= 0.3 is 0 Å². The van der Waals surface area contributed by atoms with Crippen LogP contribution in [0.25, 0.3) is 0 Å². The average Bonchev–Trinajstić information content (AvgIpc) is 3.08. The number of aryl methyl sites for hydroxylation is 1. The summed E-state index contributed by atoms with van der Waals surface area (Å²) in [5.74, 6) is 0.583. The van der Waals surface area contributed by atoms with Crippen LogP contribution in [0.5, 0.6) is 0 Å². The van der Waals surface area contributed by atoms with Crippen LogP contribution in [0.1, 0.15) is 48.2 Å². The molecule has 0 radical (unpaired) electrons. The molecule has 6 nitrogen and oxygen atoms in total. The van der Waals surface area contributed by atoms with E-state index in [2.05, 4.69) is 10.2 Å². The second kappa shape index (κ2) is 8.52. The Morgan fingerprint density at radius 3 is 2.72 bits per heavy atom. The van der Waals surface area contributed by atoms with Crippen molar-refractivity contribution in [3.8, 4) is 0 Å². The van der Waals surface area contributed by atoms with Gasteiger partial charge in [-0.25, -0.2) is 0 Å². The zero-order valence-electron chi connectivity index (χ0n) is 15.1. The molecule has 3 rings (SSSR count). The van der Waals surface area contributed by atoms with Crippen LogP contribution in [0.15, 0.2) is 16.7 Å². The number of carbonyl (C=O) groups is 2. The summed E-state index contributed by atoms with van der Waals surface area (Å²) in [4.78, 5) is 29.3. The maximum atomic E-state index is 12.6. The smallest absolute Gasteiger partial charge is 0.257 e. The Labute approximate surface area is 149 Å². The second-order valence-electron chi connectivity index (χ2n) is 7.17. The third-order valence-corrected chi connectivity index (χ3v) is 5.34. The van der Waals surface area contributed by atoms with Crippen molar-refractivity contribution in [3.63, 3.8) is 0 Å². The Morgan fingerprint density at radius 2 is 2.00 bits per heavy atom. The molecule has 1 atom stereocenters. The number of nitrogens with one attached hydrogen (secondary N) is 1. The van der Waals surface area contributed by atoms with E-state index in [-0.39, 0.29) is 17.7 Å². The van der Waals surface area contributed by atoms with Crippen molar-refractivity contribution in [2.75, 3.05) is 39.3 Å². The molecule has 2 amide bonds. The molecule has 0 aromatic carbocycles. The van der Waals surface area contributed by atoms with Gasteiger partial charge in [0, 0.05) is 26.2 Å². The summed E-state index contributed by atoms with van der Waals surface area (Å²) in [6.45, 7) is 6.92. The highest BCUT2D eigenvalue weighted by Gasteiger charge is 2.29. The van der Waals surface area contributed by atoms with Gasteiger partial charge in [0.15, 0.2) is 0 Å².